The van der Waals surface area contributed by atoms with Crippen molar-refractivity contribution in [3.05, 3.63) is 35.9 Å². The van der Waals surface area contributed by atoms with Gasteiger partial charge in [-0.2, -0.15) is 0 Å². The monoisotopic (exact) mass is 345 g/mol. The molecule has 0 spiro atoms. The van der Waals surface area contributed by atoms with Crippen molar-refractivity contribution in [1.29, 1.82) is 0 Å². The second kappa shape index (κ2) is 9.06. The molecule has 1 aliphatic heterocycles. The summed E-state index contributed by atoms with van der Waals surface area (Å²) < 4.78 is 0. The van der Waals surface area contributed by atoms with Gasteiger partial charge in [0.15, 0.2) is 0 Å². The predicted octanol–water partition coefficient (Wildman–Crippen LogP) is 0.714. The van der Waals surface area contributed by atoms with E-state index in [9.17, 15) is 14.7 Å². The molecule has 1 fully saturated rings. The zero-order valence-electron chi connectivity index (χ0n) is 14.1. The molecule has 1 aromatic carbocycles. The van der Waals surface area contributed by atoms with Gasteiger partial charge in [-0.05, 0) is 31.9 Å². The Morgan fingerprint density at radius 1 is 1.24 bits per heavy atom. The largest absolute Gasteiger partial charge is 0.391 e. The van der Waals surface area contributed by atoms with Crippen LogP contribution in [0.5, 0.6) is 0 Å². The Balaban J connectivity index is 1.86. The fourth-order valence-electron chi connectivity index (χ4n) is 2.63. The third-order valence-electron chi connectivity index (χ3n) is 4.13. The van der Waals surface area contributed by atoms with Gasteiger partial charge in [-0.1, -0.05) is 30.0 Å². The zero-order valence-corrected chi connectivity index (χ0v) is 14.1. The van der Waals surface area contributed by atoms with E-state index in [-0.39, 0.29) is 5.92 Å². The summed E-state index contributed by atoms with van der Waals surface area (Å²) in [5, 5.41) is 20.7. The number of amides is 3. The van der Waals surface area contributed by atoms with Gasteiger partial charge < -0.3 is 15.3 Å². The van der Waals surface area contributed by atoms with Crippen LogP contribution in [-0.4, -0.2) is 52.4 Å². The molecule has 0 saturated carbocycles. The number of carbonyl (C=O) groups is 2. The first kappa shape index (κ1) is 18.8. The molecule has 3 amide bonds. The molecular formula is C18H23N3O4. The Kier molecular flexibility index (Phi) is 6.81. The number of hydrogen-bond donors (Lipinski definition) is 4. The first-order valence-corrected chi connectivity index (χ1v) is 8.25. The van der Waals surface area contributed by atoms with Gasteiger partial charge in [0, 0.05) is 24.6 Å². The number of benzene rings is 1. The number of hydroxylamine groups is 1. The summed E-state index contributed by atoms with van der Waals surface area (Å²) in [6, 6.07) is 8.10. The molecule has 25 heavy (non-hydrogen) atoms. The number of likely N-dealkylation sites (tertiary alicyclic amines) is 1. The molecule has 0 bridgehead atoms. The highest BCUT2D eigenvalue weighted by Gasteiger charge is 2.29. The average molecular weight is 345 g/mol. The van der Waals surface area contributed by atoms with E-state index < -0.39 is 24.1 Å². The minimum atomic E-state index is -1.20. The number of urea groups is 1. The molecule has 1 saturated heterocycles. The maximum absolute atomic E-state index is 12.2. The van der Waals surface area contributed by atoms with E-state index in [2.05, 4.69) is 17.2 Å². The summed E-state index contributed by atoms with van der Waals surface area (Å²) in [4.78, 5) is 25.3. The van der Waals surface area contributed by atoms with Crippen molar-refractivity contribution in [3.8, 4) is 11.8 Å². The summed E-state index contributed by atoms with van der Waals surface area (Å²) in [5.41, 5.74) is 2.41. The first-order valence-electron chi connectivity index (χ1n) is 8.25. The van der Waals surface area contributed by atoms with E-state index in [1.165, 1.54) is 12.4 Å². The van der Waals surface area contributed by atoms with Gasteiger partial charge >= 0.3 is 6.03 Å². The highest BCUT2D eigenvalue weighted by atomic mass is 16.5. The van der Waals surface area contributed by atoms with Crippen LogP contribution in [-0.2, 0) is 4.79 Å². The molecule has 0 aromatic heterocycles. The number of piperidine rings is 1. The lowest BCUT2D eigenvalue weighted by atomic mass is 9.97. The lowest BCUT2D eigenvalue weighted by Gasteiger charge is -2.31. The Morgan fingerprint density at radius 3 is 2.44 bits per heavy atom. The van der Waals surface area contributed by atoms with Gasteiger partial charge in [-0.25, -0.2) is 10.3 Å². The SMILES string of the molecule is C[C@@H](O)[C@@H](NC(=O)N1CCC(C#Cc2ccccc2)CC1)C(=O)NO. The third-order valence-corrected chi connectivity index (χ3v) is 4.13. The van der Waals surface area contributed by atoms with Gasteiger partial charge in [0.1, 0.15) is 6.04 Å². The van der Waals surface area contributed by atoms with Crippen molar-refractivity contribution >= 4 is 11.9 Å². The summed E-state index contributed by atoms with van der Waals surface area (Å²) in [6.07, 6.45) is 0.378. The van der Waals surface area contributed by atoms with Crippen molar-refractivity contribution < 1.29 is 19.9 Å². The smallest absolute Gasteiger partial charge is 0.318 e. The quantitative estimate of drug-likeness (QED) is 0.368. The molecule has 0 aliphatic carbocycles. The first-order chi connectivity index (χ1) is 12.0. The van der Waals surface area contributed by atoms with E-state index in [0.29, 0.717) is 13.1 Å². The van der Waals surface area contributed by atoms with Crippen LogP contribution in [0, 0.1) is 17.8 Å². The zero-order chi connectivity index (χ0) is 18.2. The summed E-state index contributed by atoms with van der Waals surface area (Å²) in [5.74, 6) is 5.75. The third kappa shape index (κ3) is 5.48. The second-order valence-corrected chi connectivity index (χ2v) is 6.04. The van der Waals surface area contributed by atoms with E-state index >= 15 is 0 Å². The summed E-state index contributed by atoms with van der Waals surface area (Å²) in [7, 11) is 0. The van der Waals surface area contributed by atoms with E-state index in [1.54, 1.807) is 4.90 Å². The molecule has 0 unspecified atom stereocenters. The molecule has 7 heteroatoms. The molecule has 1 heterocycles. The fourth-order valence-corrected chi connectivity index (χ4v) is 2.63. The number of nitrogens with one attached hydrogen (secondary N) is 2. The van der Waals surface area contributed by atoms with Crippen molar-refractivity contribution in [2.45, 2.75) is 31.9 Å². The normalized spacial score (nSPS) is 17.0. The van der Waals surface area contributed by atoms with E-state index in [1.807, 2.05) is 30.3 Å². The van der Waals surface area contributed by atoms with Crippen LogP contribution in [0.3, 0.4) is 0 Å². The van der Waals surface area contributed by atoms with Gasteiger partial charge in [0.2, 0.25) is 0 Å². The molecule has 2 rings (SSSR count). The second-order valence-electron chi connectivity index (χ2n) is 6.04. The number of aliphatic hydroxyl groups excluding tert-OH is 1. The van der Waals surface area contributed by atoms with E-state index in [4.69, 9.17) is 5.21 Å². The number of rotatable bonds is 3. The maximum Gasteiger partial charge on any atom is 0.318 e. The minimum absolute atomic E-state index is 0.220. The van der Waals surface area contributed by atoms with Crippen LogP contribution < -0.4 is 10.8 Å². The number of hydrogen-bond acceptors (Lipinski definition) is 4. The van der Waals surface area contributed by atoms with Gasteiger partial charge in [0.25, 0.3) is 5.91 Å². The molecular weight excluding hydrogens is 322 g/mol. The molecule has 134 valence electrons. The Hall–Kier alpha value is -2.56. The molecule has 2 atom stereocenters. The van der Waals surface area contributed by atoms with Crippen molar-refractivity contribution in [3.63, 3.8) is 0 Å². The number of nitrogens with zero attached hydrogens (tertiary/aromatic N) is 1. The van der Waals surface area contributed by atoms with Crippen LogP contribution in [0.25, 0.3) is 0 Å². The Labute approximate surface area is 147 Å². The number of carbonyl (C=O) groups excluding carboxylic acids is 2. The summed E-state index contributed by atoms with van der Waals surface area (Å²) >= 11 is 0. The van der Waals surface area contributed by atoms with Crippen LogP contribution in [0.2, 0.25) is 0 Å². The van der Waals surface area contributed by atoms with Gasteiger partial charge in [-0.3, -0.25) is 10.0 Å². The maximum atomic E-state index is 12.2. The average Bonchev–Trinajstić information content (AvgIpc) is 2.64. The molecule has 0 radical (unpaired) electrons. The van der Waals surface area contributed by atoms with Gasteiger partial charge in [-0.15, -0.1) is 0 Å². The van der Waals surface area contributed by atoms with Crippen LogP contribution in [0.15, 0.2) is 30.3 Å². The highest BCUT2D eigenvalue weighted by molar-refractivity contribution is 5.86. The van der Waals surface area contributed by atoms with Crippen LogP contribution in [0.4, 0.5) is 4.79 Å². The Morgan fingerprint density at radius 2 is 1.88 bits per heavy atom. The molecule has 1 aliphatic rings. The predicted molar refractivity (Wildman–Crippen MR) is 91.5 cm³/mol. The molecule has 7 nitrogen and oxygen atoms in total. The summed E-state index contributed by atoms with van der Waals surface area (Å²) in [6.45, 7) is 2.41. The van der Waals surface area contributed by atoms with E-state index in [0.717, 1.165) is 18.4 Å². The van der Waals surface area contributed by atoms with Crippen molar-refractivity contribution in [1.82, 2.24) is 15.7 Å². The standard InChI is InChI=1S/C18H23N3O4/c1-13(22)16(17(23)20-25)19-18(24)21-11-9-15(10-12-21)8-7-14-5-3-2-4-6-14/h2-6,13,15-16,22,25H,9-12H2,1H3,(H,19,24)(H,20,23)/t13-,16-/m1/s1. The lowest BCUT2D eigenvalue weighted by molar-refractivity contribution is -0.133. The van der Waals surface area contributed by atoms with Crippen molar-refractivity contribution in [2.75, 3.05) is 13.1 Å². The van der Waals surface area contributed by atoms with Crippen LogP contribution >= 0.6 is 0 Å². The van der Waals surface area contributed by atoms with Crippen LogP contribution in [0.1, 0.15) is 25.3 Å². The highest BCUT2D eigenvalue weighted by Crippen LogP contribution is 2.16. The number of aliphatic hydroxyl groups is 1. The fraction of sp³-hybridized carbons (Fsp3) is 0.444. The topological polar surface area (TPSA) is 102 Å². The lowest BCUT2D eigenvalue weighted by Crippen LogP contribution is -2.56. The van der Waals surface area contributed by atoms with Crippen molar-refractivity contribution in [2.24, 2.45) is 5.92 Å². The molecule has 4 N–H and O–H groups in total. The minimum Gasteiger partial charge on any atom is -0.391 e. The molecule has 1 aromatic rings. The Bertz CT molecular complexity index is 643. The van der Waals surface area contributed by atoms with Gasteiger partial charge in [0.05, 0.1) is 6.10 Å².